The van der Waals surface area contributed by atoms with Crippen molar-refractivity contribution in [2.24, 2.45) is 0 Å². The fraction of sp³-hybridized carbons (Fsp3) is 0.158. The molecule has 1 aromatic heterocycles. The van der Waals surface area contributed by atoms with Gasteiger partial charge in [-0.15, -0.1) is 0 Å². The maximum absolute atomic E-state index is 12.4. The monoisotopic (exact) mass is 403 g/mol. The number of aromatic nitrogens is 2. The van der Waals surface area contributed by atoms with E-state index >= 15 is 0 Å². The number of halogens is 1. The van der Waals surface area contributed by atoms with Crippen LogP contribution in [-0.4, -0.2) is 23.9 Å². The van der Waals surface area contributed by atoms with Gasteiger partial charge in [-0.3, -0.25) is 4.79 Å². The van der Waals surface area contributed by atoms with E-state index in [-0.39, 0.29) is 10.6 Å². The molecule has 3 rings (SSSR count). The Morgan fingerprint density at radius 2 is 1.85 bits per heavy atom. The molecule has 6 nitrogen and oxygen atoms in total. The lowest BCUT2D eigenvalue weighted by atomic mass is 10.1. The molecule has 0 fully saturated rings. The lowest BCUT2D eigenvalue weighted by Gasteiger charge is -2.08. The van der Waals surface area contributed by atoms with Crippen molar-refractivity contribution in [2.75, 3.05) is 0 Å². The molecule has 27 heavy (non-hydrogen) atoms. The van der Waals surface area contributed by atoms with Crippen LogP contribution in [0.15, 0.2) is 59.6 Å². The smallest absolute Gasteiger partial charge is 0.285 e. The van der Waals surface area contributed by atoms with E-state index in [4.69, 9.17) is 11.6 Å². The summed E-state index contributed by atoms with van der Waals surface area (Å²) in [6.45, 7) is 4.21. The van der Waals surface area contributed by atoms with Crippen LogP contribution in [0.25, 0.3) is 0 Å². The van der Waals surface area contributed by atoms with Gasteiger partial charge in [-0.05, 0) is 49.2 Å². The molecule has 2 aromatic carbocycles. The predicted molar refractivity (Wildman–Crippen MR) is 103 cm³/mol. The van der Waals surface area contributed by atoms with Crippen molar-refractivity contribution < 1.29 is 13.2 Å². The molecule has 0 unspecified atom stereocenters. The molecular weight excluding hydrogens is 386 g/mol. The summed E-state index contributed by atoms with van der Waals surface area (Å²) in [4.78, 5) is 16.6. The van der Waals surface area contributed by atoms with Gasteiger partial charge in [0.15, 0.2) is 0 Å². The van der Waals surface area contributed by atoms with E-state index in [0.717, 1.165) is 11.1 Å². The molecule has 0 saturated carbocycles. The van der Waals surface area contributed by atoms with Gasteiger partial charge >= 0.3 is 0 Å². The molecule has 1 amide bonds. The van der Waals surface area contributed by atoms with Crippen molar-refractivity contribution in [3.63, 3.8) is 0 Å². The first-order valence-electron chi connectivity index (χ1n) is 8.17. The van der Waals surface area contributed by atoms with E-state index in [0.29, 0.717) is 17.4 Å². The van der Waals surface area contributed by atoms with Crippen LogP contribution in [-0.2, 0) is 16.6 Å². The number of hydrogen-bond donors (Lipinski definition) is 1. The maximum Gasteiger partial charge on any atom is 0.285 e. The minimum atomic E-state index is -3.95. The molecule has 0 spiro atoms. The molecular formula is C19H18ClN3O3S. The summed E-state index contributed by atoms with van der Waals surface area (Å²) in [6.07, 6.45) is 1.54. The summed E-state index contributed by atoms with van der Waals surface area (Å²) in [6, 6.07) is 13.3. The van der Waals surface area contributed by atoms with Crippen molar-refractivity contribution in [3.8, 4) is 0 Å². The number of imidazole rings is 1. The SMILES string of the molecule is Cc1cc(Cl)ccc1Cn1cc(C(=O)NS(=O)(=O)c2ccccc2)nc1C. The van der Waals surface area contributed by atoms with E-state index in [9.17, 15) is 13.2 Å². The van der Waals surface area contributed by atoms with Crippen LogP contribution in [0.5, 0.6) is 0 Å². The zero-order valence-electron chi connectivity index (χ0n) is 14.8. The van der Waals surface area contributed by atoms with Gasteiger partial charge in [0.05, 0.1) is 4.90 Å². The number of carbonyl (C=O) groups excluding carboxylic acids is 1. The van der Waals surface area contributed by atoms with E-state index in [2.05, 4.69) is 9.71 Å². The van der Waals surface area contributed by atoms with Gasteiger partial charge in [0.25, 0.3) is 15.9 Å². The quantitative estimate of drug-likeness (QED) is 0.708. The largest absolute Gasteiger partial charge is 0.330 e. The maximum atomic E-state index is 12.4. The molecule has 0 aliphatic heterocycles. The topological polar surface area (TPSA) is 81.1 Å². The normalized spacial score (nSPS) is 11.4. The van der Waals surface area contributed by atoms with Crippen LogP contribution >= 0.6 is 11.6 Å². The van der Waals surface area contributed by atoms with Gasteiger partial charge in [0.1, 0.15) is 11.5 Å². The second-order valence-corrected chi connectivity index (χ2v) is 8.24. The second-order valence-electron chi connectivity index (χ2n) is 6.12. The number of benzene rings is 2. The van der Waals surface area contributed by atoms with Crippen LogP contribution in [0.4, 0.5) is 0 Å². The Hall–Kier alpha value is -2.64. The Kier molecular flexibility index (Phi) is 5.34. The number of carbonyl (C=O) groups is 1. The third kappa shape index (κ3) is 4.37. The van der Waals surface area contributed by atoms with Gasteiger partial charge in [-0.25, -0.2) is 18.1 Å². The van der Waals surface area contributed by atoms with Crippen molar-refractivity contribution in [3.05, 3.63) is 82.4 Å². The number of aryl methyl sites for hydroxylation is 2. The van der Waals surface area contributed by atoms with Gasteiger partial charge in [-0.1, -0.05) is 35.9 Å². The van der Waals surface area contributed by atoms with Crippen molar-refractivity contribution in [1.29, 1.82) is 0 Å². The first-order chi connectivity index (χ1) is 12.8. The van der Waals surface area contributed by atoms with Gasteiger partial charge in [-0.2, -0.15) is 0 Å². The highest BCUT2D eigenvalue weighted by atomic mass is 35.5. The molecule has 0 saturated heterocycles. The van der Waals surface area contributed by atoms with Crippen molar-refractivity contribution in [2.45, 2.75) is 25.3 Å². The van der Waals surface area contributed by atoms with E-state index in [1.165, 1.54) is 12.1 Å². The Balaban J connectivity index is 1.80. The highest BCUT2D eigenvalue weighted by molar-refractivity contribution is 7.90. The Bertz CT molecular complexity index is 1090. The number of rotatable bonds is 5. The fourth-order valence-corrected chi connectivity index (χ4v) is 3.84. The van der Waals surface area contributed by atoms with Crippen LogP contribution in [0.2, 0.25) is 5.02 Å². The number of hydrogen-bond acceptors (Lipinski definition) is 4. The summed E-state index contributed by atoms with van der Waals surface area (Å²) in [5.41, 5.74) is 2.09. The Morgan fingerprint density at radius 1 is 1.15 bits per heavy atom. The van der Waals surface area contributed by atoms with E-state index in [1.54, 1.807) is 42.0 Å². The lowest BCUT2D eigenvalue weighted by molar-refractivity contribution is 0.0977. The predicted octanol–water partition coefficient (Wildman–Crippen LogP) is 3.32. The Morgan fingerprint density at radius 3 is 2.52 bits per heavy atom. The number of sulfonamides is 1. The third-order valence-corrected chi connectivity index (χ3v) is 5.72. The minimum Gasteiger partial charge on any atom is -0.330 e. The number of nitrogens with zero attached hydrogens (tertiary/aromatic N) is 2. The van der Waals surface area contributed by atoms with Crippen LogP contribution in [0, 0.1) is 13.8 Å². The molecule has 8 heteroatoms. The highest BCUT2D eigenvalue weighted by Gasteiger charge is 2.21. The van der Waals surface area contributed by atoms with Crippen molar-refractivity contribution in [1.82, 2.24) is 14.3 Å². The van der Waals surface area contributed by atoms with Crippen LogP contribution in [0.3, 0.4) is 0 Å². The molecule has 3 aromatic rings. The zero-order chi connectivity index (χ0) is 19.6. The van der Waals surface area contributed by atoms with Crippen LogP contribution < -0.4 is 4.72 Å². The summed E-state index contributed by atoms with van der Waals surface area (Å²) < 4.78 is 28.4. The summed E-state index contributed by atoms with van der Waals surface area (Å²) in [5.74, 6) is -0.167. The van der Waals surface area contributed by atoms with Crippen LogP contribution in [0.1, 0.15) is 27.4 Å². The molecule has 0 bridgehead atoms. The third-order valence-electron chi connectivity index (χ3n) is 4.13. The average Bonchev–Trinajstić information content (AvgIpc) is 2.99. The molecule has 0 aliphatic carbocycles. The summed E-state index contributed by atoms with van der Waals surface area (Å²) in [7, 11) is -3.95. The van der Waals surface area contributed by atoms with E-state index < -0.39 is 15.9 Å². The fourth-order valence-electron chi connectivity index (χ4n) is 2.63. The number of nitrogens with one attached hydrogen (secondary N) is 1. The molecule has 1 heterocycles. The number of amides is 1. The van der Waals surface area contributed by atoms with Crippen molar-refractivity contribution >= 4 is 27.5 Å². The summed E-state index contributed by atoms with van der Waals surface area (Å²) >= 11 is 5.98. The standard InChI is InChI=1S/C19H18ClN3O3S/c1-13-10-16(20)9-8-15(13)11-23-12-18(21-14(23)2)19(24)22-27(25,26)17-6-4-3-5-7-17/h3-10,12H,11H2,1-2H3,(H,22,24). The Labute approximate surface area is 162 Å². The minimum absolute atomic E-state index is 0.0197. The van der Waals surface area contributed by atoms with Gasteiger partial charge < -0.3 is 4.57 Å². The lowest BCUT2D eigenvalue weighted by Crippen LogP contribution is -2.30. The first-order valence-corrected chi connectivity index (χ1v) is 10.0. The molecule has 0 atom stereocenters. The van der Waals surface area contributed by atoms with Gasteiger partial charge in [0.2, 0.25) is 0 Å². The molecule has 1 N–H and O–H groups in total. The average molecular weight is 404 g/mol. The molecule has 0 radical (unpaired) electrons. The van der Waals surface area contributed by atoms with Gasteiger partial charge in [0, 0.05) is 17.8 Å². The second kappa shape index (κ2) is 7.54. The molecule has 140 valence electrons. The summed E-state index contributed by atoms with van der Waals surface area (Å²) in [5, 5.41) is 0.657. The zero-order valence-corrected chi connectivity index (χ0v) is 16.4. The molecule has 0 aliphatic rings. The highest BCUT2D eigenvalue weighted by Crippen LogP contribution is 2.17. The van der Waals surface area contributed by atoms with E-state index in [1.807, 2.05) is 19.1 Å². The first kappa shape index (κ1) is 19.1.